The fourth-order valence-corrected chi connectivity index (χ4v) is 11.9. The van der Waals surface area contributed by atoms with Crippen LogP contribution in [0.5, 0.6) is 0 Å². The molecule has 4 aromatic rings. The molecule has 11 rings (SSSR count). The molecule has 5 saturated heterocycles. The first-order chi connectivity index (χ1) is 32.4. The summed E-state index contributed by atoms with van der Waals surface area (Å²) in [6.07, 6.45) is 6.96. The van der Waals surface area contributed by atoms with E-state index in [0.29, 0.717) is 83.3 Å². The average molecular weight is 912 g/mol. The number of piperidine rings is 3. The Morgan fingerprint density at radius 2 is 1.42 bits per heavy atom. The van der Waals surface area contributed by atoms with Crippen LogP contribution in [-0.4, -0.2) is 154 Å². The lowest BCUT2D eigenvalue weighted by atomic mass is 9.59. The maximum absolute atomic E-state index is 15.1. The van der Waals surface area contributed by atoms with Crippen molar-refractivity contribution in [3.8, 4) is 0 Å². The topological polar surface area (TPSA) is 180 Å². The molecule has 1 atom stereocenters. The summed E-state index contributed by atoms with van der Waals surface area (Å²) in [6.45, 7) is 7.18. The molecule has 3 aromatic carbocycles. The van der Waals surface area contributed by atoms with Crippen LogP contribution in [0, 0.1) is 17.2 Å². The van der Waals surface area contributed by atoms with Crippen molar-refractivity contribution in [2.45, 2.75) is 75.9 Å². The van der Waals surface area contributed by atoms with Gasteiger partial charge in [0.25, 0.3) is 23.3 Å². The number of aromatic nitrogens is 2. The highest BCUT2D eigenvalue weighted by atomic mass is 19.1. The first kappa shape index (κ1) is 43.3. The third-order valence-electron chi connectivity index (χ3n) is 16.0. The Bertz CT molecular complexity index is 2760. The van der Waals surface area contributed by atoms with Crippen molar-refractivity contribution in [2.75, 3.05) is 70.3 Å². The number of nitrogens with one attached hydrogen (secondary N) is 2. The lowest BCUT2D eigenvalue weighted by Crippen LogP contribution is -2.63. The summed E-state index contributed by atoms with van der Waals surface area (Å²) < 4.78 is 15.1. The Hall–Kier alpha value is -6.33. The van der Waals surface area contributed by atoms with Crippen LogP contribution in [0.25, 0.3) is 10.8 Å². The van der Waals surface area contributed by atoms with Gasteiger partial charge in [0.05, 0.1) is 27.8 Å². The van der Waals surface area contributed by atoms with Gasteiger partial charge in [-0.05, 0) is 119 Å². The number of hydrogen-bond donors (Lipinski definition) is 2. The number of halogens is 1. The molecule has 6 fully saturated rings. The predicted molar refractivity (Wildman–Crippen MR) is 244 cm³/mol. The second kappa shape index (κ2) is 17.1. The predicted octanol–water partition coefficient (Wildman–Crippen LogP) is 3.18. The number of amides is 6. The number of nitrogens with zero attached hydrogens (tertiary/aromatic N) is 7. The molecule has 7 heterocycles. The van der Waals surface area contributed by atoms with E-state index in [1.807, 2.05) is 23.1 Å². The van der Waals surface area contributed by atoms with E-state index in [-0.39, 0.29) is 35.8 Å². The third kappa shape index (κ3) is 7.88. The number of carbonyl (C=O) groups excluding carboxylic acids is 6. The van der Waals surface area contributed by atoms with Gasteiger partial charge in [-0.1, -0.05) is 24.3 Å². The van der Waals surface area contributed by atoms with Crippen molar-refractivity contribution in [3.05, 3.63) is 105 Å². The Morgan fingerprint density at radius 1 is 0.731 bits per heavy atom. The summed E-state index contributed by atoms with van der Waals surface area (Å²) in [5.41, 5.74) is 2.92. The average Bonchev–Trinajstić information content (AvgIpc) is 3.56. The van der Waals surface area contributed by atoms with Crippen LogP contribution >= 0.6 is 0 Å². The molecule has 17 heteroatoms. The Morgan fingerprint density at radius 3 is 2.15 bits per heavy atom. The summed E-state index contributed by atoms with van der Waals surface area (Å²) in [7, 11) is 0. The van der Waals surface area contributed by atoms with Crippen LogP contribution in [0.3, 0.4) is 0 Å². The number of aromatic amines is 1. The monoisotopic (exact) mass is 911 g/mol. The van der Waals surface area contributed by atoms with E-state index in [0.717, 1.165) is 62.7 Å². The van der Waals surface area contributed by atoms with Crippen molar-refractivity contribution in [1.82, 2.24) is 40.0 Å². The lowest BCUT2D eigenvalue weighted by molar-refractivity contribution is -0.140. The zero-order chi connectivity index (χ0) is 46.1. The van der Waals surface area contributed by atoms with Crippen LogP contribution < -0.4 is 15.8 Å². The van der Waals surface area contributed by atoms with E-state index in [1.54, 1.807) is 41.3 Å². The lowest BCUT2D eigenvalue weighted by Gasteiger charge is -2.58. The largest absolute Gasteiger partial charge is 0.368 e. The molecule has 16 nitrogen and oxygen atoms in total. The van der Waals surface area contributed by atoms with E-state index in [9.17, 15) is 33.6 Å². The molecule has 1 aliphatic carbocycles. The van der Waals surface area contributed by atoms with E-state index in [1.165, 1.54) is 31.7 Å². The molecular weight excluding hydrogens is 858 g/mol. The standard InChI is InChI=1S/C50H54FN9O7/c51-40-8-5-30(24-41-35-3-1-2-4-36(35)44(62)54-53-41)23-39(40)47(65)58-21-19-57(20-22-58)46(64)31-11-15-55(16-12-31)33-26-50(27-33)13-17-56(18-14-50)34-28-59(29-34)32-6-7-37-38(25-32)49(67)60(48(37)66)42-9-10-43(61)52-45(42)63/h1-8,23,25,31,33-34,42H,9-22,24,26-29H2,(H,54,62)(H,52,61,63). The van der Waals surface area contributed by atoms with Crippen molar-refractivity contribution in [2.24, 2.45) is 11.3 Å². The van der Waals surface area contributed by atoms with Crippen LogP contribution in [0.2, 0.25) is 0 Å². The van der Waals surface area contributed by atoms with Gasteiger partial charge < -0.3 is 19.6 Å². The Balaban J connectivity index is 0.606. The molecule has 0 bridgehead atoms. The fraction of sp³-hybridized carbons (Fsp3) is 0.480. The minimum absolute atomic E-state index is 0.00986. The van der Waals surface area contributed by atoms with Gasteiger partial charge in [0.15, 0.2) is 0 Å². The molecule has 67 heavy (non-hydrogen) atoms. The molecule has 2 N–H and O–H groups in total. The number of imide groups is 2. The van der Waals surface area contributed by atoms with Crippen LogP contribution in [0.15, 0.2) is 65.5 Å². The Kier molecular flexibility index (Phi) is 11.0. The van der Waals surface area contributed by atoms with Crippen molar-refractivity contribution < 1.29 is 33.2 Å². The first-order valence-electron chi connectivity index (χ1n) is 23.8. The highest BCUT2D eigenvalue weighted by molar-refractivity contribution is 6.23. The van der Waals surface area contributed by atoms with Crippen LogP contribution in [-0.2, 0) is 20.8 Å². The minimum Gasteiger partial charge on any atom is -0.368 e. The van der Waals surface area contributed by atoms with Gasteiger partial charge in [-0.3, -0.25) is 48.7 Å². The van der Waals surface area contributed by atoms with E-state index in [2.05, 4.69) is 30.2 Å². The Labute approximate surface area is 386 Å². The molecule has 348 valence electrons. The smallest absolute Gasteiger partial charge is 0.272 e. The molecule has 6 amide bonds. The van der Waals surface area contributed by atoms with Crippen LogP contribution in [0.1, 0.15) is 93.7 Å². The van der Waals surface area contributed by atoms with Gasteiger partial charge in [0.2, 0.25) is 17.7 Å². The summed E-state index contributed by atoms with van der Waals surface area (Å²) in [6, 6.07) is 17.0. The summed E-state index contributed by atoms with van der Waals surface area (Å²) in [5.74, 6) is -2.85. The van der Waals surface area contributed by atoms with Crippen molar-refractivity contribution in [3.63, 3.8) is 0 Å². The molecule has 1 saturated carbocycles. The summed E-state index contributed by atoms with van der Waals surface area (Å²) >= 11 is 0. The maximum Gasteiger partial charge on any atom is 0.272 e. The number of benzene rings is 3. The molecule has 1 spiro atoms. The number of carbonyl (C=O) groups is 6. The zero-order valence-corrected chi connectivity index (χ0v) is 37.4. The summed E-state index contributed by atoms with van der Waals surface area (Å²) in [5, 5.41) is 10.2. The highest BCUT2D eigenvalue weighted by Crippen LogP contribution is 2.52. The molecule has 1 aromatic heterocycles. The first-order valence-corrected chi connectivity index (χ1v) is 23.8. The molecule has 1 unspecified atom stereocenters. The second-order valence-corrected chi connectivity index (χ2v) is 19.8. The normalized spacial score (nSPS) is 23.1. The number of hydrogen-bond acceptors (Lipinski definition) is 11. The molecule has 6 aliphatic heterocycles. The second-order valence-electron chi connectivity index (χ2n) is 19.8. The minimum atomic E-state index is -0.976. The summed E-state index contributed by atoms with van der Waals surface area (Å²) in [4.78, 5) is 102. The van der Waals surface area contributed by atoms with E-state index < -0.39 is 41.4 Å². The number of piperazine rings is 1. The van der Waals surface area contributed by atoms with Gasteiger partial charge in [0, 0.05) is 81.2 Å². The van der Waals surface area contributed by atoms with Gasteiger partial charge >= 0.3 is 0 Å². The van der Waals surface area contributed by atoms with E-state index in [4.69, 9.17) is 0 Å². The third-order valence-corrected chi connectivity index (χ3v) is 16.0. The number of likely N-dealkylation sites (tertiary alicyclic amines) is 2. The van der Waals surface area contributed by atoms with Crippen molar-refractivity contribution >= 4 is 51.9 Å². The van der Waals surface area contributed by atoms with Gasteiger partial charge in [-0.25, -0.2) is 9.49 Å². The van der Waals surface area contributed by atoms with E-state index >= 15 is 4.39 Å². The number of fused-ring (bicyclic) bond motifs is 2. The zero-order valence-electron chi connectivity index (χ0n) is 37.4. The van der Waals surface area contributed by atoms with Gasteiger partial charge in [-0.2, -0.15) is 5.10 Å². The van der Waals surface area contributed by atoms with Gasteiger partial charge in [-0.15, -0.1) is 0 Å². The molecule has 7 aliphatic rings. The number of anilines is 1. The number of rotatable bonds is 8. The molecular formula is C50H54FN9O7. The number of H-pyrrole nitrogens is 1. The SMILES string of the molecule is O=C1CCC(N2C(=O)c3ccc(N4CC(N5CCC6(CC5)CC(N5CCC(C(=O)N7CCN(C(=O)c8cc(Cc9n[nH]c(=O)c%10ccccc9%10)ccc8F)CC7)CC5)C6)C4)cc3C2=O)C(=O)N1. The quantitative estimate of drug-likeness (QED) is 0.248. The van der Waals surface area contributed by atoms with Gasteiger partial charge in [0.1, 0.15) is 11.9 Å². The highest BCUT2D eigenvalue weighted by Gasteiger charge is 2.50. The van der Waals surface area contributed by atoms with Crippen molar-refractivity contribution in [1.29, 1.82) is 0 Å². The maximum atomic E-state index is 15.1. The molecule has 0 radical (unpaired) electrons. The van der Waals surface area contributed by atoms with Crippen LogP contribution in [0.4, 0.5) is 10.1 Å². The fourth-order valence-electron chi connectivity index (χ4n) is 11.9.